The Balaban J connectivity index is 1.97. The fraction of sp³-hybridized carbons (Fsp3) is 0.583. The van der Waals surface area contributed by atoms with Crippen LogP contribution in [0.1, 0.15) is 26.0 Å². The van der Waals surface area contributed by atoms with Crippen LogP contribution in [0.5, 0.6) is 0 Å². The molecular weight excluding hydrogens is 234 g/mol. The molecule has 5 heteroatoms. The molecule has 0 bridgehead atoms. The largest absolute Gasteiger partial charge is 0.390 e. The maximum atomic E-state index is 10.3. The summed E-state index contributed by atoms with van der Waals surface area (Å²) < 4.78 is 2.00. The Morgan fingerprint density at radius 2 is 2.41 bits per heavy atom. The second-order valence-electron chi connectivity index (χ2n) is 4.60. The molecule has 0 amide bonds. The molecule has 2 N–H and O–H groups in total. The van der Waals surface area contributed by atoms with Crippen molar-refractivity contribution >= 4 is 16.3 Å². The third kappa shape index (κ3) is 3.28. The molecule has 0 aliphatic carbocycles. The molecule has 0 aliphatic rings. The van der Waals surface area contributed by atoms with Crippen LogP contribution in [0.4, 0.5) is 0 Å². The van der Waals surface area contributed by atoms with E-state index in [0.717, 1.165) is 30.2 Å². The van der Waals surface area contributed by atoms with Crippen LogP contribution in [0.25, 0.3) is 4.96 Å². The second-order valence-corrected chi connectivity index (χ2v) is 5.48. The van der Waals surface area contributed by atoms with Gasteiger partial charge >= 0.3 is 0 Å². The average molecular weight is 253 g/mol. The maximum Gasteiger partial charge on any atom is 0.193 e. The fourth-order valence-corrected chi connectivity index (χ4v) is 2.59. The summed E-state index contributed by atoms with van der Waals surface area (Å²) in [5.74, 6) is 0. The fourth-order valence-electron chi connectivity index (χ4n) is 1.87. The maximum absolute atomic E-state index is 10.3. The van der Waals surface area contributed by atoms with Gasteiger partial charge in [-0.15, -0.1) is 11.3 Å². The Morgan fingerprint density at radius 3 is 3.12 bits per heavy atom. The predicted molar refractivity (Wildman–Crippen MR) is 70.6 cm³/mol. The number of thiazole rings is 1. The number of aliphatic hydroxyl groups is 1. The molecule has 94 valence electrons. The molecule has 1 unspecified atom stereocenters. The van der Waals surface area contributed by atoms with E-state index in [0.29, 0.717) is 6.42 Å². The van der Waals surface area contributed by atoms with Gasteiger partial charge in [0.05, 0.1) is 11.3 Å². The minimum absolute atomic E-state index is 0.604. The van der Waals surface area contributed by atoms with Crippen LogP contribution in [-0.2, 0) is 6.42 Å². The Labute approximate surface area is 105 Å². The first-order valence-electron chi connectivity index (χ1n) is 5.95. The van der Waals surface area contributed by atoms with Gasteiger partial charge in [-0.1, -0.05) is 6.92 Å². The number of rotatable bonds is 6. The van der Waals surface area contributed by atoms with Crippen LogP contribution in [0.2, 0.25) is 0 Å². The number of hydrogen-bond acceptors (Lipinski definition) is 4. The third-order valence-corrected chi connectivity index (χ3v) is 3.57. The smallest absolute Gasteiger partial charge is 0.193 e. The van der Waals surface area contributed by atoms with Gasteiger partial charge in [0, 0.05) is 24.2 Å². The van der Waals surface area contributed by atoms with Gasteiger partial charge in [0.2, 0.25) is 0 Å². The molecule has 0 aliphatic heterocycles. The van der Waals surface area contributed by atoms with Gasteiger partial charge in [0.1, 0.15) is 0 Å². The van der Waals surface area contributed by atoms with E-state index in [9.17, 15) is 5.11 Å². The summed E-state index contributed by atoms with van der Waals surface area (Å²) in [6.45, 7) is 5.72. The van der Waals surface area contributed by atoms with E-state index in [1.165, 1.54) is 0 Å². The Bertz CT molecular complexity index is 446. The summed E-state index contributed by atoms with van der Waals surface area (Å²) in [6, 6.07) is 0. The van der Waals surface area contributed by atoms with E-state index in [4.69, 9.17) is 0 Å². The monoisotopic (exact) mass is 253 g/mol. The first-order valence-corrected chi connectivity index (χ1v) is 6.83. The summed E-state index contributed by atoms with van der Waals surface area (Å²) >= 11 is 1.61. The van der Waals surface area contributed by atoms with E-state index in [1.807, 2.05) is 29.1 Å². The molecule has 2 aromatic heterocycles. The second kappa shape index (κ2) is 5.16. The van der Waals surface area contributed by atoms with E-state index in [2.05, 4.69) is 17.2 Å². The zero-order valence-electron chi connectivity index (χ0n) is 10.3. The molecule has 1 atom stereocenters. The van der Waals surface area contributed by atoms with Crippen LogP contribution in [-0.4, -0.2) is 33.2 Å². The van der Waals surface area contributed by atoms with Crippen LogP contribution < -0.4 is 5.32 Å². The highest BCUT2D eigenvalue weighted by Gasteiger charge is 2.22. The van der Waals surface area contributed by atoms with E-state index in [-0.39, 0.29) is 0 Å². The van der Waals surface area contributed by atoms with Crippen LogP contribution in [0.15, 0.2) is 17.8 Å². The third-order valence-electron chi connectivity index (χ3n) is 2.80. The van der Waals surface area contributed by atoms with E-state index >= 15 is 0 Å². The highest BCUT2D eigenvalue weighted by Crippen LogP contribution is 2.18. The molecule has 0 fully saturated rings. The van der Waals surface area contributed by atoms with E-state index in [1.54, 1.807) is 11.3 Å². The summed E-state index contributed by atoms with van der Waals surface area (Å²) in [5, 5.41) is 15.5. The lowest BCUT2D eigenvalue weighted by atomic mass is 9.96. The molecule has 0 aromatic carbocycles. The minimum atomic E-state index is -0.688. The average Bonchev–Trinajstić information content (AvgIpc) is 2.77. The van der Waals surface area contributed by atoms with Gasteiger partial charge < -0.3 is 10.4 Å². The highest BCUT2D eigenvalue weighted by atomic mass is 32.1. The van der Waals surface area contributed by atoms with Crippen molar-refractivity contribution in [3.63, 3.8) is 0 Å². The SMILES string of the molecule is CCNCCC(C)(O)Cc1cn2ccsc2n1. The molecule has 2 aromatic rings. The Hall–Kier alpha value is -0.910. The van der Waals surface area contributed by atoms with Crippen molar-refractivity contribution in [2.45, 2.75) is 32.3 Å². The molecule has 4 nitrogen and oxygen atoms in total. The van der Waals surface area contributed by atoms with Crippen molar-refractivity contribution in [3.8, 4) is 0 Å². The first kappa shape index (κ1) is 12.5. The molecule has 17 heavy (non-hydrogen) atoms. The molecule has 2 rings (SSSR count). The summed E-state index contributed by atoms with van der Waals surface area (Å²) in [6.07, 6.45) is 5.33. The summed E-state index contributed by atoms with van der Waals surface area (Å²) in [4.78, 5) is 5.48. The van der Waals surface area contributed by atoms with Crippen LogP contribution in [0, 0.1) is 0 Å². The van der Waals surface area contributed by atoms with Gasteiger partial charge in [-0.3, -0.25) is 4.40 Å². The number of nitrogens with one attached hydrogen (secondary N) is 1. The number of hydrogen-bond donors (Lipinski definition) is 2. The van der Waals surface area contributed by atoms with Gasteiger partial charge in [-0.05, 0) is 26.4 Å². The molecule has 0 radical (unpaired) electrons. The van der Waals surface area contributed by atoms with Crippen molar-refractivity contribution in [1.29, 1.82) is 0 Å². The molecule has 0 saturated heterocycles. The molecule has 0 saturated carbocycles. The van der Waals surface area contributed by atoms with Crippen molar-refractivity contribution in [1.82, 2.24) is 14.7 Å². The number of nitrogens with zero attached hydrogens (tertiary/aromatic N) is 2. The van der Waals surface area contributed by atoms with Crippen LogP contribution >= 0.6 is 11.3 Å². The molecule has 2 heterocycles. The van der Waals surface area contributed by atoms with Crippen LogP contribution in [0.3, 0.4) is 0 Å². The summed E-state index contributed by atoms with van der Waals surface area (Å²) in [5.41, 5.74) is 0.269. The van der Waals surface area contributed by atoms with Gasteiger partial charge in [0.15, 0.2) is 4.96 Å². The number of aromatic nitrogens is 2. The van der Waals surface area contributed by atoms with Crippen molar-refractivity contribution in [3.05, 3.63) is 23.5 Å². The zero-order chi connectivity index (χ0) is 12.3. The molecular formula is C12H19N3OS. The zero-order valence-corrected chi connectivity index (χ0v) is 11.1. The van der Waals surface area contributed by atoms with E-state index < -0.39 is 5.60 Å². The number of imidazole rings is 1. The normalized spacial score (nSPS) is 15.2. The van der Waals surface area contributed by atoms with Gasteiger partial charge in [-0.25, -0.2) is 4.98 Å². The first-order chi connectivity index (χ1) is 8.11. The quantitative estimate of drug-likeness (QED) is 0.770. The highest BCUT2D eigenvalue weighted by molar-refractivity contribution is 7.15. The minimum Gasteiger partial charge on any atom is -0.390 e. The Morgan fingerprint density at radius 1 is 1.59 bits per heavy atom. The van der Waals surface area contributed by atoms with Gasteiger partial charge in [-0.2, -0.15) is 0 Å². The predicted octanol–water partition coefficient (Wildman–Crippen LogP) is 1.69. The summed E-state index contributed by atoms with van der Waals surface area (Å²) in [7, 11) is 0. The lowest BCUT2D eigenvalue weighted by Crippen LogP contribution is -2.32. The van der Waals surface area contributed by atoms with Crippen molar-refractivity contribution in [2.75, 3.05) is 13.1 Å². The topological polar surface area (TPSA) is 49.6 Å². The van der Waals surface area contributed by atoms with Gasteiger partial charge in [0.25, 0.3) is 0 Å². The van der Waals surface area contributed by atoms with Crippen molar-refractivity contribution in [2.24, 2.45) is 0 Å². The standard InChI is InChI=1S/C12H19N3OS/c1-3-13-5-4-12(2,16)8-10-9-15-6-7-17-11(15)14-10/h6-7,9,13,16H,3-5,8H2,1-2H3. The molecule has 0 spiro atoms. The van der Waals surface area contributed by atoms with Crippen molar-refractivity contribution < 1.29 is 5.11 Å². The Kier molecular flexibility index (Phi) is 3.81. The lowest BCUT2D eigenvalue weighted by Gasteiger charge is -2.22. The lowest BCUT2D eigenvalue weighted by molar-refractivity contribution is 0.0508. The number of fused-ring (bicyclic) bond motifs is 1.